The van der Waals surface area contributed by atoms with Gasteiger partial charge < -0.3 is 21.3 Å². The number of nitrogens with zero attached hydrogens (tertiary/aromatic N) is 2. The van der Waals surface area contributed by atoms with Crippen LogP contribution in [0, 0.1) is 0 Å². The Balaban J connectivity index is 1.89. The van der Waals surface area contributed by atoms with Crippen LogP contribution in [0.3, 0.4) is 0 Å². The van der Waals surface area contributed by atoms with Crippen LogP contribution in [0.4, 0.5) is 22.7 Å². The Bertz CT molecular complexity index is 421. The Morgan fingerprint density at radius 1 is 0.600 bits per heavy atom. The maximum absolute atomic E-state index is 6.21. The second-order valence-electron chi connectivity index (χ2n) is 6.07. The minimum atomic E-state index is 0.824. The lowest BCUT2D eigenvalue weighted by atomic mass is 10.1. The molecule has 4 nitrogen and oxygen atoms in total. The van der Waals surface area contributed by atoms with Crippen LogP contribution in [0.15, 0.2) is 12.1 Å². The van der Waals surface area contributed by atoms with E-state index in [2.05, 4.69) is 15.9 Å². The molecule has 0 aliphatic carbocycles. The number of hydrogen-bond acceptors (Lipinski definition) is 4. The van der Waals surface area contributed by atoms with E-state index in [0.29, 0.717) is 0 Å². The monoisotopic (exact) mass is 274 g/mol. The van der Waals surface area contributed by atoms with Crippen LogP contribution in [0.5, 0.6) is 0 Å². The number of nitrogens with two attached hydrogens (primary N) is 2. The fourth-order valence-electron chi connectivity index (χ4n) is 3.43. The van der Waals surface area contributed by atoms with Gasteiger partial charge in [-0.3, -0.25) is 0 Å². The van der Waals surface area contributed by atoms with Gasteiger partial charge in [0.05, 0.1) is 22.7 Å². The molecule has 0 spiro atoms. The summed E-state index contributed by atoms with van der Waals surface area (Å²) in [7, 11) is 0. The van der Waals surface area contributed by atoms with Crippen molar-refractivity contribution in [2.45, 2.75) is 38.5 Å². The molecule has 0 aromatic heterocycles. The first-order valence-corrected chi connectivity index (χ1v) is 7.94. The van der Waals surface area contributed by atoms with E-state index in [1.54, 1.807) is 0 Å². The lowest BCUT2D eigenvalue weighted by molar-refractivity contribution is 0.574. The molecule has 4 N–H and O–H groups in total. The third-order valence-corrected chi connectivity index (χ3v) is 4.57. The quantitative estimate of drug-likeness (QED) is 0.814. The Labute approximate surface area is 121 Å². The molecule has 2 fully saturated rings. The first-order valence-electron chi connectivity index (χ1n) is 7.94. The Morgan fingerprint density at radius 3 is 1.40 bits per heavy atom. The summed E-state index contributed by atoms with van der Waals surface area (Å²) in [6.07, 6.45) is 7.74. The van der Waals surface area contributed by atoms with Gasteiger partial charge in [-0.1, -0.05) is 0 Å². The smallest absolute Gasteiger partial charge is 0.0622 e. The largest absolute Gasteiger partial charge is 0.397 e. The van der Waals surface area contributed by atoms with Crippen molar-refractivity contribution in [1.82, 2.24) is 0 Å². The normalized spacial score (nSPS) is 20.2. The summed E-state index contributed by atoms with van der Waals surface area (Å²) >= 11 is 0. The molecule has 2 saturated heterocycles. The average molecular weight is 274 g/mol. The number of benzene rings is 1. The van der Waals surface area contributed by atoms with Gasteiger partial charge in [-0.05, 0) is 50.7 Å². The third-order valence-electron chi connectivity index (χ3n) is 4.57. The molecule has 1 aromatic carbocycles. The molecule has 0 atom stereocenters. The van der Waals surface area contributed by atoms with E-state index >= 15 is 0 Å². The fraction of sp³-hybridized carbons (Fsp3) is 0.625. The van der Waals surface area contributed by atoms with E-state index in [9.17, 15) is 0 Å². The fourth-order valence-corrected chi connectivity index (χ4v) is 3.43. The highest BCUT2D eigenvalue weighted by Crippen LogP contribution is 2.36. The van der Waals surface area contributed by atoms with Crippen molar-refractivity contribution < 1.29 is 0 Å². The number of hydrogen-bond donors (Lipinski definition) is 2. The zero-order valence-electron chi connectivity index (χ0n) is 12.3. The van der Waals surface area contributed by atoms with Gasteiger partial charge in [-0.2, -0.15) is 0 Å². The van der Waals surface area contributed by atoms with Crippen LogP contribution < -0.4 is 21.3 Å². The summed E-state index contributed by atoms with van der Waals surface area (Å²) < 4.78 is 0. The van der Waals surface area contributed by atoms with E-state index < -0.39 is 0 Å². The molecular weight excluding hydrogens is 248 g/mol. The minimum absolute atomic E-state index is 0.824. The van der Waals surface area contributed by atoms with Crippen LogP contribution in [0.1, 0.15) is 38.5 Å². The predicted molar refractivity (Wildman–Crippen MR) is 87.4 cm³/mol. The van der Waals surface area contributed by atoms with Gasteiger partial charge in [0.15, 0.2) is 0 Å². The van der Waals surface area contributed by atoms with E-state index in [-0.39, 0.29) is 0 Å². The molecule has 0 unspecified atom stereocenters. The molecule has 2 heterocycles. The Kier molecular flexibility index (Phi) is 3.90. The zero-order valence-corrected chi connectivity index (χ0v) is 12.3. The molecule has 0 radical (unpaired) electrons. The second kappa shape index (κ2) is 5.81. The lowest BCUT2D eigenvalue weighted by Crippen LogP contribution is -2.32. The molecule has 0 bridgehead atoms. The van der Waals surface area contributed by atoms with Crippen LogP contribution in [-0.2, 0) is 0 Å². The van der Waals surface area contributed by atoms with Crippen molar-refractivity contribution in [3.05, 3.63) is 12.1 Å². The third kappa shape index (κ3) is 2.65. The second-order valence-corrected chi connectivity index (χ2v) is 6.07. The molecule has 4 heteroatoms. The summed E-state index contributed by atoms with van der Waals surface area (Å²) in [6.45, 7) is 4.47. The van der Waals surface area contributed by atoms with Crippen molar-refractivity contribution in [2.24, 2.45) is 0 Å². The van der Waals surface area contributed by atoms with Crippen molar-refractivity contribution >= 4 is 22.7 Å². The highest BCUT2D eigenvalue weighted by molar-refractivity contribution is 5.82. The van der Waals surface area contributed by atoms with Crippen LogP contribution in [-0.4, -0.2) is 26.2 Å². The molecule has 0 saturated carbocycles. The van der Waals surface area contributed by atoms with Gasteiger partial charge in [0.25, 0.3) is 0 Å². The Hall–Kier alpha value is -1.58. The summed E-state index contributed by atoms with van der Waals surface area (Å²) in [5.41, 5.74) is 16.4. The maximum Gasteiger partial charge on any atom is 0.0622 e. The number of piperidine rings is 2. The van der Waals surface area contributed by atoms with E-state index in [0.717, 1.165) is 37.6 Å². The van der Waals surface area contributed by atoms with Gasteiger partial charge in [0.2, 0.25) is 0 Å². The molecule has 20 heavy (non-hydrogen) atoms. The summed E-state index contributed by atoms with van der Waals surface area (Å²) in [4.78, 5) is 4.84. The first-order chi connectivity index (χ1) is 9.75. The predicted octanol–water partition coefficient (Wildman–Crippen LogP) is 2.83. The minimum Gasteiger partial charge on any atom is -0.397 e. The van der Waals surface area contributed by atoms with Crippen molar-refractivity contribution in [3.63, 3.8) is 0 Å². The van der Waals surface area contributed by atoms with Gasteiger partial charge in [-0.15, -0.1) is 0 Å². The molecule has 1 aromatic rings. The topological polar surface area (TPSA) is 58.5 Å². The van der Waals surface area contributed by atoms with Gasteiger partial charge >= 0.3 is 0 Å². The van der Waals surface area contributed by atoms with E-state index in [1.165, 1.54) is 49.9 Å². The van der Waals surface area contributed by atoms with Gasteiger partial charge in [0.1, 0.15) is 0 Å². The highest BCUT2D eigenvalue weighted by atomic mass is 15.2. The van der Waals surface area contributed by atoms with Crippen molar-refractivity contribution in [2.75, 3.05) is 47.4 Å². The average Bonchev–Trinajstić information content (AvgIpc) is 2.49. The first kappa shape index (κ1) is 13.4. The van der Waals surface area contributed by atoms with Crippen LogP contribution in [0.2, 0.25) is 0 Å². The zero-order chi connectivity index (χ0) is 13.9. The molecule has 3 rings (SSSR count). The van der Waals surface area contributed by atoms with E-state index in [1.807, 2.05) is 6.07 Å². The number of rotatable bonds is 2. The van der Waals surface area contributed by atoms with Crippen molar-refractivity contribution in [3.8, 4) is 0 Å². The van der Waals surface area contributed by atoms with Crippen molar-refractivity contribution in [1.29, 1.82) is 0 Å². The molecule has 2 aliphatic rings. The van der Waals surface area contributed by atoms with Crippen LogP contribution >= 0.6 is 0 Å². The van der Waals surface area contributed by atoms with Gasteiger partial charge in [0, 0.05) is 26.2 Å². The summed E-state index contributed by atoms with van der Waals surface area (Å²) in [5, 5.41) is 0. The van der Waals surface area contributed by atoms with E-state index in [4.69, 9.17) is 11.5 Å². The summed E-state index contributed by atoms with van der Waals surface area (Å²) in [6, 6.07) is 4.18. The standard InChI is InChI=1S/C16H26N4/c17-13-11-14(18)16(20-9-5-2-6-10-20)12-15(13)19-7-3-1-4-8-19/h11-12H,1-10,17-18H2. The molecule has 2 aliphatic heterocycles. The van der Waals surface area contributed by atoms with Crippen LogP contribution in [0.25, 0.3) is 0 Å². The lowest BCUT2D eigenvalue weighted by Gasteiger charge is -2.34. The van der Waals surface area contributed by atoms with Gasteiger partial charge in [-0.25, -0.2) is 0 Å². The molecular formula is C16H26N4. The number of anilines is 4. The molecule has 0 amide bonds. The maximum atomic E-state index is 6.21. The Morgan fingerprint density at radius 2 is 1.00 bits per heavy atom. The highest BCUT2D eigenvalue weighted by Gasteiger charge is 2.19. The number of nitrogen functional groups attached to an aromatic ring is 2. The molecule has 110 valence electrons. The SMILES string of the molecule is Nc1cc(N)c(N2CCCCC2)cc1N1CCCCC1. The summed E-state index contributed by atoms with van der Waals surface area (Å²) in [5.74, 6) is 0.